The van der Waals surface area contributed by atoms with Gasteiger partial charge in [-0.15, -0.1) is 0 Å². The Kier molecular flexibility index (Phi) is 3.29. The molecule has 26 heavy (non-hydrogen) atoms. The summed E-state index contributed by atoms with van der Waals surface area (Å²) in [4.78, 5) is 18.1. The van der Waals surface area contributed by atoms with Crippen LogP contribution in [0.1, 0.15) is 37.6 Å². The molecule has 1 fully saturated rings. The van der Waals surface area contributed by atoms with Crippen LogP contribution >= 0.6 is 0 Å². The Hall–Kier alpha value is -2.27. The van der Waals surface area contributed by atoms with E-state index in [-0.39, 0.29) is 41.4 Å². The number of aliphatic hydroxyl groups excluding tert-OH is 1. The number of fused-ring (bicyclic) bond motifs is 7. The van der Waals surface area contributed by atoms with Gasteiger partial charge in [-0.25, -0.2) is 0 Å². The van der Waals surface area contributed by atoms with Crippen molar-refractivity contribution in [1.29, 1.82) is 0 Å². The molecule has 2 aromatic rings. The summed E-state index contributed by atoms with van der Waals surface area (Å²) in [6, 6.07) is 5.62. The number of nitrogens with one attached hydrogen (secondary N) is 1. The standard InChI is InChI=1S/C21H24N2O3/c1-10-18(26)8-15-16(11(2)24)9-23-6-5-13-14-7-12(25)3-4-17(14)22-20(13)21(23)19(10)15/h3-4,7,9-10,15,18-19,21-22,25-26H,5-6,8H2,1-2H3/t10-,15+,18-,19+,21-/m0/s1. The molecule has 3 heterocycles. The molecule has 1 aromatic heterocycles. The van der Waals surface area contributed by atoms with Gasteiger partial charge in [-0.2, -0.15) is 0 Å². The second-order valence-electron chi connectivity index (χ2n) is 8.17. The lowest BCUT2D eigenvalue weighted by molar-refractivity contribution is -0.114. The first kappa shape index (κ1) is 15.9. The number of phenolic OH excluding ortho intramolecular Hbond substituents is 1. The number of phenols is 1. The number of carbonyl (C=O) groups excluding carboxylic acids is 1. The first-order valence-corrected chi connectivity index (χ1v) is 9.45. The molecule has 136 valence electrons. The molecule has 0 unspecified atom stereocenters. The van der Waals surface area contributed by atoms with Gasteiger partial charge in [0.25, 0.3) is 0 Å². The molecule has 0 bridgehead atoms. The Balaban J connectivity index is 1.70. The summed E-state index contributed by atoms with van der Waals surface area (Å²) in [5, 5.41) is 21.5. The molecule has 1 aliphatic carbocycles. The fourth-order valence-corrected chi connectivity index (χ4v) is 5.61. The minimum Gasteiger partial charge on any atom is -0.508 e. The number of carbonyl (C=O) groups is 1. The van der Waals surface area contributed by atoms with Crippen LogP contribution in [0.25, 0.3) is 10.9 Å². The third-order valence-electron chi connectivity index (χ3n) is 6.85. The first-order chi connectivity index (χ1) is 12.5. The van der Waals surface area contributed by atoms with E-state index in [4.69, 9.17) is 0 Å². The molecule has 5 atom stereocenters. The highest BCUT2D eigenvalue weighted by Gasteiger charge is 2.52. The van der Waals surface area contributed by atoms with Crippen molar-refractivity contribution < 1.29 is 15.0 Å². The molecule has 3 N–H and O–H groups in total. The van der Waals surface area contributed by atoms with Crippen molar-refractivity contribution in [3.63, 3.8) is 0 Å². The molecule has 5 nitrogen and oxygen atoms in total. The Bertz CT molecular complexity index is 944. The normalized spacial score (nSPS) is 32.8. The van der Waals surface area contributed by atoms with Crippen molar-refractivity contribution >= 4 is 16.7 Å². The quantitative estimate of drug-likeness (QED) is 0.738. The molecular weight excluding hydrogens is 328 g/mol. The topological polar surface area (TPSA) is 76.6 Å². The van der Waals surface area contributed by atoms with Crippen LogP contribution in [0.3, 0.4) is 0 Å². The predicted octanol–water partition coefficient (Wildman–Crippen LogP) is 2.89. The van der Waals surface area contributed by atoms with Gasteiger partial charge in [0, 0.05) is 34.9 Å². The number of nitrogens with zero attached hydrogens (tertiary/aromatic N) is 1. The monoisotopic (exact) mass is 352 g/mol. The molecule has 0 spiro atoms. The van der Waals surface area contributed by atoms with Crippen LogP contribution in [0.4, 0.5) is 0 Å². The summed E-state index contributed by atoms with van der Waals surface area (Å²) in [7, 11) is 0. The van der Waals surface area contributed by atoms with Crippen LogP contribution in [-0.2, 0) is 11.2 Å². The van der Waals surface area contributed by atoms with E-state index in [9.17, 15) is 15.0 Å². The van der Waals surface area contributed by atoms with Crippen LogP contribution < -0.4 is 0 Å². The molecule has 5 rings (SSSR count). The van der Waals surface area contributed by atoms with E-state index in [0.717, 1.165) is 29.4 Å². The minimum absolute atomic E-state index is 0.115. The van der Waals surface area contributed by atoms with E-state index >= 15 is 0 Å². The number of allylic oxidation sites excluding steroid dienone is 1. The van der Waals surface area contributed by atoms with E-state index < -0.39 is 0 Å². The lowest BCUT2D eigenvalue weighted by atomic mass is 9.73. The number of aromatic nitrogens is 1. The number of hydrogen-bond donors (Lipinski definition) is 3. The van der Waals surface area contributed by atoms with Crippen LogP contribution in [0.5, 0.6) is 5.75 Å². The molecule has 0 radical (unpaired) electrons. The number of rotatable bonds is 1. The zero-order valence-corrected chi connectivity index (χ0v) is 15.1. The Morgan fingerprint density at radius 1 is 1.35 bits per heavy atom. The third-order valence-corrected chi connectivity index (χ3v) is 6.85. The van der Waals surface area contributed by atoms with Gasteiger partial charge in [0.15, 0.2) is 5.78 Å². The van der Waals surface area contributed by atoms with Crippen molar-refractivity contribution in [2.24, 2.45) is 17.8 Å². The number of aromatic amines is 1. The van der Waals surface area contributed by atoms with Crippen molar-refractivity contribution in [2.75, 3.05) is 6.54 Å². The maximum absolute atomic E-state index is 12.2. The second kappa shape index (κ2) is 5.36. The van der Waals surface area contributed by atoms with E-state index in [1.165, 1.54) is 11.3 Å². The Morgan fingerprint density at radius 2 is 2.15 bits per heavy atom. The zero-order chi connectivity index (χ0) is 18.2. The van der Waals surface area contributed by atoms with E-state index in [2.05, 4.69) is 16.8 Å². The summed E-state index contributed by atoms with van der Waals surface area (Å²) >= 11 is 0. The lowest BCUT2D eigenvalue weighted by Crippen LogP contribution is -2.44. The molecule has 0 amide bonds. The van der Waals surface area contributed by atoms with Gasteiger partial charge in [0.05, 0.1) is 12.1 Å². The number of Topliss-reactive ketones (excluding diaryl/α,β-unsaturated/α-hetero) is 1. The highest BCUT2D eigenvalue weighted by atomic mass is 16.3. The Labute approximate surface area is 152 Å². The minimum atomic E-state index is -0.369. The maximum Gasteiger partial charge on any atom is 0.157 e. The predicted molar refractivity (Wildman–Crippen MR) is 98.6 cm³/mol. The average molecular weight is 352 g/mol. The van der Waals surface area contributed by atoms with E-state index in [1.54, 1.807) is 13.0 Å². The van der Waals surface area contributed by atoms with Crippen molar-refractivity contribution in [1.82, 2.24) is 9.88 Å². The van der Waals surface area contributed by atoms with Gasteiger partial charge in [-0.3, -0.25) is 4.79 Å². The molecule has 3 aliphatic rings. The van der Waals surface area contributed by atoms with Gasteiger partial charge in [-0.05, 0) is 61.3 Å². The highest BCUT2D eigenvalue weighted by Crippen LogP contribution is 2.54. The number of aromatic hydroxyl groups is 1. The maximum atomic E-state index is 12.2. The van der Waals surface area contributed by atoms with E-state index in [1.807, 2.05) is 18.3 Å². The van der Waals surface area contributed by atoms with Gasteiger partial charge in [0.1, 0.15) is 5.75 Å². The summed E-state index contributed by atoms with van der Waals surface area (Å²) in [6.07, 6.45) is 3.22. The van der Waals surface area contributed by atoms with E-state index in [0.29, 0.717) is 6.42 Å². The van der Waals surface area contributed by atoms with Crippen molar-refractivity contribution in [3.05, 3.63) is 41.2 Å². The fraction of sp³-hybridized carbons (Fsp3) is 0.476. The van der Waals surface area contributed by atoms with Crippen molar-refractivity contribution in [3.8, 4) is 5.75 Å². The second-order valence-corrected chi connectivity index (χ2v) is 8.17. The van der Waals surface area contributed by atoms with Gasteiger partial charge in [0.2, 0.25) is 0 Å². The summed E-state index contributed by atoms with van der Waals surface area (Å²) in [6.45, 7) is 4.60. The summed E-state index contributed by atoms with van der Waals surface area (Å²) in [5.41, 5.74) is 4.36. The van der Waals surface area contributed by atoms with Crippen LogP contribution in [0.2, 0.25) is 0 Å². The van der Waals surface area contributed by atoms with Crippen LogP contribution in [0, 0.1) is 17.8 Å². The SMILES string of the molecule is CC(=O)C1=CN2CCc3c([nH]c4ccc(O)cc34)[C@@H]2[C@@H]2[C@@H](C)[C@@H](O)C[C@H]12. The third kappa shape index (κ3) is 2.04. The number of benzene rings is 1. The summed E-state index contributed by atoms with van der Waals surface area (Å²) in [5.74, 6) is 0.874. The molecule has 1 aromatic carbocycles. The number of H-pyrrole nitrogens is 1. The average Bonchev–Trinajstić information content (AvgIpc) is 3.11. The molecule has 2 aliphatic heterocycles. The van der Waals surface area contributed by atoms with Crippen molar-refractivity contribution in [2.45, 2.75) is 38.8 Å². The molecule has 5 heteroatoms. The van der Waals surface area contributed by atoms with Gasteiger partial charge >= 0.3 is 0 Å². The zero-order valence-electron chi connectivity index (χ0n) is 15.1. The van der Waals surface area contributed by atoms with Crippen LogP contribution in [0.15, 0.2) is 30.0 Å². The fourth-order valence-electron chi connectivity index (χ4n) is 5.61. The highest BCUT2D eigenvalue weighted by molar-refractivity contribution is 5.94. The largest absolute Gasteiger partial charge is 0.508 e. The number of ketones is 1. The lowest BCUT2D eigenvalue weighted by Gasteiger charge is -2.46. The summed E-state index contributed by atoms with van der Waals surface area (Å²) < 4.78 is 0. The smallest absolute Gasteiger partial charge is 0.157 e. The van der Waals surface area contributed by atoms with Crippen LogP contribution in [-0.4, -0.2) is 38.5 Å². The molecule has 1 saturated carbocycles. The number of hydrogen-bond acceptors (Lipinski definition) is 4. The van der Waals surface area contributed by atoms with Gasteiger partial charge < -0.3 is 20.1 Å². The Morgan fingerprint density at radius 3 is 2.92 bits per heavy atom. The molecule has 0 saturated heterocycles. The number of aliphatic hydroxyl groups is 1. The first-order valence-electron chi connectivity index (χ1n) is 9.45. The molecular formula is C21H24N2O3. The van der Waals surface area contributed by atoms with Gasteiger partial charge in [-0.1, -0.05) is 6.92 Å².